The molecule has 0 unspecified atom stereocenters. The van der Waals surface area contributed by atoms with Crippen LogP contribution in [0.1, 0.15) is 12.0 Å². The summed E-state index contributed by atoms with van der Waals surface area (Å²) in [6.07, 6.45) is 0.938. The van der Waals surface area contributed by atoms with Gasteiger partial charge in [-0.3, -0.25) is 0 Å². The number of benzene rings is 1. The molecular formula is C16H20N4O2. The van der Waals surface area contributed by atoms with E-state index in [0.29, 0.717) is 18.7 Å². The maximum Gasteiger partial charge on any atom is 0.318 e. The Morgan fingerprint density at radius 3 is 2.86 bits per heavy atom. The first-order valence-electron chi connectivity index (χ1n) is 7.54. The Bertz CT molecular complexity index is 581. The van der Waals surface area contributed by atoms with Crippen molar-refractivity contribution in [2.75, 3.05) is 38.3 Å². The number of nitrogens with one attached hydrogen (secondary N) is 1. The molecule has 0 aromatic heterocycles. The highest BCUT2D eigenvalue weighted by Gasteiger charge is 2.42. The minimum Gasteiger partial charge on any atom is -0.383 e. The van der Waals surface area contributed by atoms with Gasteiger partial charge in [-0.25, -0.2) is 4.79 Å². The molecule has 0 saturated carbocycles. The van der Waals surface area contributed by atoms with Crippen LogP contribution in [-0.4, -0.2) is 56.4 Å². The Labute approximate surface area is 130 Å². The Hall–Kier alpha value is -2.26. The number of rotatable bonds is 4. The van der Waals surface area contributed by atoms with Gasteiger partial charge in [-0.05, 0) is 30.7 Å². The molecule has 1 aromatic rings. The normalized spacial score (nSPS) is 23.9. The molecule has 2 amide bonds. The van der Waals surface area contributed by atoms with Crippen molar-refractivity contribution in [2.45, 2.75) is 18.5 Å². The topological polar surface area (TPSA) is 68.6 Å². The van der Waals surface area contributed by atoms with Crippen LogP contribution >= 0.6 is 0 Å². The molecule has 6 nitrogen and oxygen atoms in total. The third kappa shape index (κ3) is 2.72. The molecule has 0 bridgehead atoms. The first-order chi connectivity index (χ1) is 10.7. The zero-order valence-corrected chi connectivity index (χ0v) is 12.7. The second kappa shape index (κ2) is 6.24. The van der Waals surface area contributed by atoms with E-state index in [4.69, 9.17) is 10.00 Å². The molecule has 2 atom stereocenters. The molecule has 0 aliphatic carbocycles. The van der Waals surface area contributed by atoms with Crippen LogP contribution in [0.2, 0.25) is 0 Å². The molecule has 116 valence electrons. The van der Waals surface area contributed by atoms with Gasteiger partial charge in [-0.2, -0.15) is 5.26 Å². The third-order valence-electron chi connectivity index (χ3n) is 4.44. The molecule has 1 N–H and O–H groups in total. The minimum absolute atomic E-state index is 0.00808. The van der Waals surface area contributed by atoms with Crippen molar-refractivity contribution in [3.63, 3.8) is 0 Å². The number of ether oxygens (including phenoxy) is 1. The van der Waals surface area contributed by atoms with Gasteiger partial charge in [0.25, 0.3) is 0 Å². The van der Waals surface area contributed by atoms with Gasteiger partial charge >= 0.3 is 6.03 Å². The van der Waals surface area contributed by atoms with E-state index in [2.05, 4.69) is 16.3 Å². The predicted molar refractivity (Wildman–Crippen MR) is 82.7 cm³/mol. The molecule has 0 spiro atoms. The van der Waals surface area contributed by atoms with Crippen molar-refractivity contribution < 1.29 is 9.53 Å². The van der Waals surface area contributed by atoms with E-state index in [9.17, 15) is 4.79 Å². The van der Waals surface area contributed by atoms with Gasteiger partial charge in [0.15, 0.2) is 0 Å². The summed E-state index contributed by atoms with van der Waals surface area (Å²) in [5.74, 6) is 0. The van der Waals surface area contributed by atoms with Crippen LogP contribution < -0.4 is 10.2 Å². The predicted octanol–water partition coefficient (Wildman–Crippen LogP) is 1.18. The highest BCUT2D eigenvalue weighted by atomic mass is 16.5. The lowest BCUT2D eigenvalue weighted by Gasteiger charge is -2.38. The van der Waals surface area contributed by atoms with Crippen molar-refractivity contribution in [1.82, 2.24) is 10.2 Å². The van der Waals surface area contributed by atoms with Gasteiger partial charge in [0.2, 0.25) is 0 Å². The van der Waals surface area contributed by atoms with E-state index < -0.39 is 0 Å². The fourth-order valence-electron chi connectivity index (χ4n) is 3.28. The van der Waals surface area contributed by atoms with Gasteiger partial charge in [0.05, 0.1) is 30.3 Å². The lowest BCUT2D eigenvalue weighted by atomic mass is 9.99. The number of nitriles is 1. The fraction of sp³-hybridized carbons (Fsp3) is 0.500. The lowest BCUT2D eigenvalue weighted by Crippen LogP contribution is -2.51. The number of amides is 2. The van der Waals surface area contributed by atoms with E-state index in [1.54, 1.807) is 7.11 Å². The lowest BCUT2D eigenvalue weighted by molar-refractivity contribution is 0.140. The largest absolute Gasteiger partial charge is 0.383 e. The average molecular weight is 300 g/mol. The molecule has 3 rings (SSSR count). The maximum absolute atomic E-state index is 12.1. The number of nitrogens with zero attached hydrogens (tertiary/aromatic N) is 3. The molecule has 2 aliphatic rings. The molecule has 2 fully saturated rings. The van der Waals surface area contributed by atoms with Crippen LogP contribution in [0.4, 0.5) is 10.5 Å². The highest BCUT2D eigenvalue weighted by molar-refractivity contribution is 5.78. The van der Waals surface area contributed by atoms with Gasteiger partial charge < -0.3 is 19.9 Å². The number of methoxy groups -OCH3 is 1. The highest BCUT2D eigenvalue weighted by Crippen LogP contribution is 2.26. The van der Waals surface area contributed by atoms with E-state index in [1.807, 2.05) is 29.2 Å². The van der Waals surface area contributed by atoms with Gasteiger partial charge in [0.1, 0.15) is 0 Å². The minimum atomic E-state index is 0.00808. The molecule has 2 heterocycles. The van der Waals surface area contributed by atoms with E-state index in [-0.39, 0.29) is 18.1 Å². The number of urea groups is 1. The van der Waals surface area contributed by atoms with Gasteiger partial charge in [-0.1, -0.05) is 0 Å². The van der Waals surface area contributed by atoms with Gasteiger partial charge in [0, 0.05) is 32.4 Å². The van der Waals surface area contributed by atoms with E-state index in [0.717, 1.165) is 25.2 Å². The molecule has 2 aliphatic heterocycles. The van der Waals surface area contributed by atoms with Crippen LogP contribution in [0, 0.1) is 11.3 Å². The summed E-state index contributed by atoms with van der Waals surface area (Å²) in [5, 5.41) is 11.9. The Morgan fingerprint density at radius 1 is 1.41 bits per heavy atom. The number of carbonyl (C=O) groups is 1. The quantitative estimate of drug-likeness (QED) is 0.906. The van der Waals surface area contributed by atoms with Crippen LogP contribution in [0.3, 0.4) is 0 Å². The van der Waals surface area contributed by atoms with Crippen molar-refractivity contribution in [3.05, 3.63) is 29.8 Å². The monoisotopic (exact) mass is 300 g/mol. The average Bonchev–Trinajstić information content (AvgIpc) is 2.87. The summed E-state index contributed by atoms with van der Waals surface area (Å²) < 4.78 is 5.09. The molecule has 1 aromatic carbocycles. The second-order valence-electron chi connectivity index (χ2n) is 5.70. The van der Waals surface area contributed by atoms with Crippen LogP contribution in [-0.2, 0) is 4.74 Å². The Balaban J connectivity index is 1.67. The number of fused-ring (bicyclic) bond motifs is 1. The first kappa shape index (κ1) is 14.7. The number of carbonyl (C=O) groups excluding carboxylic acids is 1. The van der Waals surface area contributed by atoms with Crippen molar-refractivity contribution in [1.29, 1.82) is 5.26 Å². The molecular weight excluding hydrogens is 280 g/mol. The van der Waals surface area contributed by atoms with Crippen molar-refractivity contribution in [2.24, 2.45) is 0 Å². The van der Waals surface area contributed by atoms with Crippen LogP contribution in [0.5, 0.6) is 0 Å². The fourth-order valence-corrected chi connectivity index (χ4v) is 3.28. The molecule has 22 heavy (non-hydrogen) atoms. The smallest absolute Gasteiger partial charge is 0.318 e. The maximum atomic E-state index is 12.1. The van der Waals surface area contributed by atoms with E-state index in [1.165, 1.54) is 0 Å². The molecule has 6 heteroatoms. The number of hydrogen-bond acceptors (Lipinski definition) is 4. The third-order valence-corrected chi connectivity index (χ3v) is 4.44. The zero-order valence-electron chi connectivity index (χ0n) is 12.7. The summed E-state index contributed by atoms with van der Waals surface area (Å²) >= 11 is 0. The van der Waals surface area contributed by atoms with Crippen LogP contribution in [0.25, 0.3) is 0 Å². The summed E-state index contributed by atoms with van der Waals surface area (Å²) in [4.78, 5) is 16.2. The standard InChI is InChI=1S/C16H20N4O2/c1-22-9-8-20-15-6-7-19(11-14(15)18-16(20)21)13-4-2-12(10-17)3-5-13/h2-5,14-15H,6-9,11H2,1H3,(H,18,21)/t14-,15+/m1/s1. The number of piperidine rings is 1. The SMILES string of the molecule is COCCN1C(=O)N[C@@H]2CN(c3ccc(C#N)cc3)CC[C@@H]21. The number of hydrogen-bond donors (Lipinski definition) is 1. The Kier molecular flexibility index (Phi) is 4.16. The van der Waals surface area contributed by atoms with Gasteiger partial charge in [-0.15, -0.1) is 0 Å². The van der Waals surface area contributed by atoms with Crippen molar-refractivity contribution in [3.8, 4) is 6.07 Å². The van der Waals surface area contributed by atoms with Crippen LogP contribution in [0.15, 0.2) is 24.3 Å². The van der Waals surface area contributed by atoms with Crippen molar-refractivity contribution >= 4 is 11.7 Å². The summed E-state index contributed by atoms with van der Waals surface area (Å²) in [7, 11) is 1.65. The van der Waals surface area contributed by atoms with E-state index >= 15 is 0 Å². The summed E-state index contributed by atoms with van der Waals surface area (Å²) in [5.41, 5.74) is 1.76. The number of anilines is 1. The molecule has 2 saturated heterocycles. The summed E-state index contributed by atoms with van der Waals surface area (Å²) in [6.45, 7) is 2.91. The first-order valence-corrected chi connectivity index (χ1v) is 7.54. The zero-order chi connectivity index (χ0) is 15.5. The molecule has 0 radical (unpaired) electrons. The second-order valence-corrected chi connectivity index (χ2v) is 5.70. The summed E-state index contributed by atoms with van der Waals surface area (Å²) in [6, 6.07) is 10.1. The Morgan fingerprint density at radius 2 is 2.18 bits per heavy atom.